The third kappa shape index (κ3) is 6.54. The van der Waals surface area contributed by atoms with Crippen molar-refractivity contribution in [3.05, 3.63) is 0 Å². The molecule has 0 spiro atoms. The minimum atomic E-state index is -1.59. The summed E-state index contributed by atoms with van der Waals surface area (Å²) in [5, 5.41) is 18.0. The third-order valence-electron chi connectivity index (χ3n) is 4.19. The SMILES string of the molecule is NCCCC(N)(CC(N)CC(S)C(N)(CCCN)C(=O)O)C(=O)O. The minimum absolute atomic E-state index is 0.0218. The standard InChI is InChI=1S/C14H31N5O4S/c15-5-1-3-13(18,11(20)21)8-9(17)7-10(24)14(19,12(22)23)4-2-6-16/h9-10,24H,1-8,15-19H2,(H,20,21)(H,22,23). The molecule has 0 aromatic carbocycles. The Morgan fingerprint density at radius 1 is 1.00 bits per heavy atom. The van der Waals surface area contributed by atoms with Crippen LogP contribution in [0.5, 0.6) is 0 Å². The Morgan fingerprint density at radius 2 is 1.50 bits per heavy atom. The van der Waals surface area contributed by atoms with E-state index >= 15 is 0 Å². The highest BCUT2D eigenvalue weighted by Crippen LogP contribution is 2.26. The van der Waals surface area contributed by atoms with Gasteiger partial charge in [0, 0.05) is 11.3 Å². The van der Waals surface area contributed by atoms with E-state index in [1.807, 2.05) is 0 Å². The van der Waals surface area contributed by atoms with Crippen LogP contribution < -0.4 is 28.7 Å². The summed E-state index contributed by atoms with van der Waals surface area (Å²) in [6.07, 6.45) is 1.31. The van der Waals surface area contributed by atoms with Crippen molar-refractivity contribution < 1.29 is 19.8 Å². The first kappa shape index (κ1) is 23.1. The van der Waals surface area contributed by atoms with E-state index in [2.05, 4.69) is 12.6 Å². The number of hydrogen-bond acceptors (Lipinski definition) is 8. The molecule has 0 radical (unpaired) electrons. The number of aliphatic carboxylic acids is 2. The highest BCUT2D eigenvalue weighted by molar-refractivity contribution is 7.81. The van der Waals surface area contributed by atoms with E-state index < -0.39 is 34.3 Å². The second-order valence-corrected chi connectivity index (χ2v) is 6.93. The van der Waals surface area contributed by atoms with E-state index in [0.717, 1.165) is 0 Å². The van der Waals surface area contributed by atoms with Crippen molar-refractivity contribution in [1.29, 1.82) is 0 Å². The Balaban J connectivity index is 4.95. The van der Waals surface area contributed by atoms with Crippen molar-refractivity contribution in [2.24, 2.45) is 28.7 Å². The number of carbonyl (C=O) groups is 2. The van der Waals surface area contributed by atoms with Gasteiger partial charge in [0.1, 0.15) is 11.1 Å². The summed E-state index contributed by atoms with van der Waals surface area (Å²) >= 11 is 4.30. The Morgan fingerprint density at radius 3 is 1.92 bits per heavy atom. The topological polar surface area (TPSA) is 205 Å². The number of nitrogens with two attached hydrogens (primary N) is 5. The van der Waals surface area contributed by atoms with E-state index in [-0.39, 0.29) is 25.7 Å². The molecule has 0 heterocycles. The van der Waals surface area contributed by atoms with E-state index in [1.54, 1.807) is 0 Å². The molecule has 4 unspecified atom stereocenters. The molecular formula is C14H31N5O4S. The first-order valence-corrected chi connectivity index (χ1v) is 8.43. The lowest BCUT2D eigenvalue weighted by Crippen LogP contribution is -2.58. The van der Waals surface area contributed by atoms with Crippen LogP contribution in [-0.4, -0.2) is 57.6 Å². The molecule has 0 aliphatic heterocycles. The quantitative estimate of drug-likeness (QED) is 0.177. The van der Waals surface area contributed by atoms with Crippen molar-refractivity contribution >= 4 is 24.6 Å². The number of carboxylic acid groups (broad SMARTS) is 2. The number of rotatable bonds is 13. The Labute approximate surface area is 147 Å². The van der Waals surface area contributed by atoms with Crippen LogP contribution in [0.1, 0.15) is 38.5 Å². The first-order chi connectivity index (χ1) is 11.0. The lowest BCUT2D eigenvalue weighted by molar-refractivity contribution is -0.145. The molecule has 0 aromatic rings. The van der Waals surface area contributed by atoms with Crippen LogP contribution in [0.15, 0.2) is 0 Å². The minimum Gasteiger partial charge on any atom is -0.480 e. The first-order valence-electron chi connectivity index (χ1n) is 7.91. The largest absolute Gasteiger partial charge is 0.480 e. The molecule has 0 aromatic heterocycles. The smallest absolute Gasteiger partial charge is 0.324 e. The molecule has 9 nitrogen and oxygen atoms in total. The highest BCUT2D eigenvalue weighted by Gasteiger charge is 2.42. The van der Waals surface area contributed by atoms with Gasteiger partial charge in [-0.05, 0) is 51.6 Å². The van der Waals surface area contributed by atoms with Gasteiger partial charge < -0.3 is 38.9 Å². The van der Waals surface area contributed by atoms with Gasteiger partial charge in [0.2, 0.25) is 0 Å². The average Bonchev–Trinajstić information content (AvgIpc) is 2.49. The van der Waals surface area contributed by atoms with Crippen molar-refractivity contribution in [3.8, 4) is 0 Å². The van der Waals surface area contributed by atoms with Crippen molar-refractivity contribution in [3.63, 3.8) is 0 Å². The third-order valence-corrected chi connectivity index (χ3v) is 4.86. The van der Waals surface area contributed by atoms with Crippen molar-refractivity contribution in [2.45, 2.75) is 60.9 Å². The van der Waals surface area contributed by atoms with E-state index in [9.17, 15) is 19.8 Å². The van der Waals surface area contributed by atoms with E-state index in [0.29, 0.717) is 25.9 Å². The summed E-state index contributed by atoms with van der Waals surface area (Å²) < 4.78 is 0. The lowest BCUT2D eigenvalue weighted by Gasteiger charge is -2.34. The maximum absolute atomic E-state index is 11.5. The van der Waals surface area contributed by atoms with Crippen LogP contribution in [0.25, 0.3) is 0 Å². The molecule has 142 valence electrons. The molecule has 0 fully saturated rings. The normalized spacial score (nSPS) is 19.1. The van der Waals surface area contributed by atoms with Crippen LogP contribution in [0, 0.1) is 0 Å². The summed E-state index contributed by atoms with van der Waals surface area (Å²) in [6, 6.07) is -0.661. The summed E-state index contributed by atoms with van der Waals surface area (Å²) in [5.74, 6) is -2.36. The van der Waals surface area contributed by atoms with Gasteiger partial charge in [-0.2, -0.15) is 12.6 Å². The predicted molar refractivity (Wildman–Crippen MR) is 95.7 cm³/mol. The average molecular weight is 366 g/mol. The van der Waals surface area contributed by atoms with Gasteiger partial charge in [0.15, 0.2) is 0 Å². The Bertz CT molecular complexity index is 428. The van der Waals surface area contributed by atoms with Gasteiger partial charge in [-0.1, -0.05) is 0 Å². The molecule has 24 heavy (non-hydrogen) atoms. The van der Waals surface area contributed by atoms with Crippen LogP contribution >= 0.6 is 12.6 Å². The van der Waals surface area contributed by atoms with Crippen LogP contribution in [0.3, 0.4) is 0 Å². The molecule has 0 saturated heterocycles. The molecule has 10 heteroatoms. The van der Waals surface area contributed by atoms with Gasteiger partial charge in [0.05, 0.1) is 0 Å². The molecule has 0 aliphatic carbocycles. The maximum Gasteiger partial charge on any atom is 0.324 e. The fourth-order valence-corrected chi connectivity index (χ4v) is 3.08. The summed E-state index contributed by atoms with van der Waals surface area (Å²) in [5.41, 5.74) is 25.6. The molecular weight excluding hydrogens is 334 g/mol. The summed E-state index contributed by atoms with van der Waals surface area (Å²) in [4.78, 5) is 22.9. The second-order valence-electron chi connectivity index (χ2n) is 6.31. The molecule has 0 aliphatic rings. The van der Waals surface area contributed by atoms with Crippen LogP contribution in [0.4, 0.5) is 0 Å². The Kier molecular flexibility index (Phi) is 9.78. The van der Waals surface area contributed by atoms with Gasteiger partial charge in [-0.3, -0.25) is 9.59 Å². The van der Waals surface area contributed by atoms with Crippen molar-refractivity contribution in [1.82, 2.24) is 0 Å². The van der Waals surface area contributed by atoms with E-state index in [4.69, 9.17) is 28.7 Å². The maximum atomic E-state index is 11.5. The predicted octanol–water partition coefficient (Wildman–Crippen LogP) is -1.57. The zero-order chi connectivity index (χ0) is 19.0. The zero-order valence-electron chi connectivity index (χ0n) is 13.9. The van der Waals surface area contributed by atoms with Gasteiger partial charge >= 0.3 is 11.9 Å². The molecule has 0 rings (SSSR count). The summed E-state index contributed by atoms with van der Waals surface area (Å²) in [6.45, 7) is 0.628. The number of hydrogen-bond donors (Lipinski definition) is 8. The van der Waals surface area contributed by atoms with Crippen molar-refractivity contribution in [2.75, 3.05) is 13.1 Å². The highest BCUT2D eigenvalue weighted by atomic mass is 32.1. The monoisotopic (exact) mass is 365 g/mol. The summed E-state index contributed by atoms with van der Waals surface area (Å²) in [7, 11) is 0. The molecule has 0 amide bonds. The Hall–Kier alpha value is -0.910. The fraction of sp³-hybridized carbons (Fsp3) is 0.857. The second kappa shape index (κ2) is 10.2. The van der Waals surface area contributed by atoms with Crippen LogP contribution in [0.2, 0.25) is 0 Å². The van der Waals surface area contributed by atoms with E-state index in [1.165, 1.54) is 0 Å². The van der Waals surface area contributed by atoms with Gasteiger partial charge in [-0.15, -0.1) is 0 Å². The number of thiol groups is 1. The van der Waals surface area contributed by atoms with Gasteiger partial charge in [-0.25, -0.2) is 0 Å². The molecule has 0 saturated carbocycles. The molecule has 12 N–H and O–H groups in total. The number of carboxylic acids is 2. The van der Waals surface area contributed by atoms with Crippen LogP contribution in [-0.2, 0) is 9.59 Å². The molecule has 4 atom stereocenters. The van der Waals surface area contributed by atoms with Gasteiger partial charge in [0.25, 0.3) is 0 Å². The lowest BCUT2D eigenvalue weighted by atomic mass is 9.82. The molecule has 0 bridgehead atoms. The fourth-order valence-electron chi connectivity index (χ4n) is 2.57. The zero-order valence-corrected chi connectivity index (χ0v) is 14.8.